The molecule has 160 valence electrons. The number of carbonyl (C=O) groups excluding carboxylic acids is 1. The minimum atomic E-state index is -0.115. The molecule has 1 aliphatic carbocycles. The largest absolute Gasteiger partial charge is 0.459 e. The summed E-state index contributed by atoms with van der Waals surface area (Å²) in [5, 5.41) is 2.41. The van der Waals surface area contributed by atoms with Gasteiger partial charge in [0.15, 0.2) is 6.54 Å². The maximum Gasteiger partial charge on any atom is 0.348 e. The molecule has 0 aromatic heterocycles. The summed E-state index contributed by atoms with van der Waals surface area (Å²) in [6, 6.07) is 12.7. The molecule has 4 rings (SSSR count). The molecule has 1 fully saturated rings. The van der Waals surface area contributed by atoms with E-state index in [0.29, 0.717) is 17.8 Å². The Morgan fingerprint density at radius 2 is 1.93 bits per heavy atom. The van der Waals surface area contributed by atoms with Crippen molar-refractivity contribution >= 4 is 34.0 Å². The first-order valence-electron chi connectivity index (χ1n) is 11.5. The maximum absolute atomic E-state index is 13.2. The highest BCUT2D eigenvalue weighted by molar-refractivity contribution is 6.12. The summed E-state index contributed by atoms with van der Waals surface area (Å²) in [6.07, 6.45) is 4.26. The predicted molar refractivity (Wildman–Crippen MR) is 124 cm³/mol. The molecule has 4 heteroatoms. The molecular formula is C26H35N2O2+. The van der Waals surface area contributed by atoms with Crippen LogP contribution in [0.1, 0.15) is 53.4 Å². The molecule has 0 radical (unpaired) electrons. The Bertz CT molecular complexity index is 973. The van der Waals surface area contributed by atoms with Crippen LogP contribution in [-0.2, 0) is 9.53 Å². The van der Waals surface area contributed by atoms with Crippen LogP contribution in [0.25, 0.3) is 10.8 Å². The van der Waals surface area contributed by atoms with Crippen molar-refractivity contribution in [3.63, 3.8) is 0 Å². The summed E-state index contributed by atoms with van der Waals surface area (Å²) < 4.78 is 8.36. The van der Waals surface area contributed by atoms with Crippen molar-refractivity contribution in [2.75, 3.05) is 18.5 Å². The van der Waals surface area contributed by atoms with E-state index in [9.17, 15) is 4.79 Å². The smallest absolute Gasteiger partial charge is 0.348 e. The Labute approximate surface area is 180 Å². The number of carbonyl (C=O) groups is 1. The first-order valence-corrected chi connectivity index (χ1v) is 11.5. The molecule has 2 aliphatic rings. The molecule has 1 heterocycles. The number of rotatable bonds is 5. The molecule has 4 nitrogen and oxygen atoms in total. The average Bonchev–Trinajstić information content (AvgIpc) is 2.71. The highest BCUT2D eigenvalue weighted by Crippen LogP contribution is 2.39. The van der Waals surface area contributed by atoms with E-state index in [4.69, 9.17) is 4.74 Å². The van der Waals surface area contributed by atoms with Crippen LogP contribution in [0.2, 0.25) is 0 Å². The van der Waals surface area contributed by atoms with Crippen LogP contribution >= 0.6 is 0 Å². The van der Waals surface area contributed by atoms with Crippen LogP contribution in [0.15, 0.2) is 36.4 Å². The van der Waals surface area contributed by atoms with Crippen LogP contribution in [-0.4, -0.2) is 36.1 Å². The van der Waals surface area contributed by atoms with E-state index >= 15 is 0 Å². The van der Waals surface area contributed by atoms with Gasteiger partial charge in [-0.25, -0.2) is 14.3 Å². The van der Waals surface area contributed by atoms with Crippen molar-refractivity contribution in [2.24, 2.45) is 17.8 Å². The van der Waals surface area contributed by atoms with Crippen LogP contribution in [0.4, 0.5) is 11.4 Å². The monoisotopic (exact) mass is 407 g/mol. The quantitative estimate of drug-likeness (QED) is 0.467. The lowest BCUT2D eigenvalue weighted by atomic mass is 9.75. The molecule has 30 heavy (non-hydrogen) atoms. The molecule has 1 unspecified atom stereocenters. The van der Waals surface area contributed by atoms with Gasteiger partial charge in [0, 0.05) is 6.42 Å². The van der Waals surface area contributed by atoms with E-state index < -0.39 is 0 Å². The van der Waals surface area contributed by atoms with Gasteiger partial charge in [-0.05, 0) is 48.1 Å². The van der Waals surface area contributed by atoms with Crippen molar-refractivity contribution in [3.05, 3.63) is 36.4 Å². The Morgan fingerprint density at radius 3 is 2.63 bits per heavy atom. The summed E-state index contributed by atoms with van der Waals surface area (Å²) in [6.45, 7) is 9.19. The molecule has 0 bridgehead atoms. The fourth-order valence-electron chi connectivity index (χ4n) is 5.46. The van der Waals surface area contributed by atoms with Crippen LogP contribution in [0.3, 0.4) is 0 Å². The molecule has 0 spiro atoms. The number of benzene rings is 2. The molecular weight excluding hydrogens is 372 g/mol. The zero-order valence-electron chi connectivity index (χ0n) is 19.0. The van der Waals surface area contributed by atoms with Gasteiger partial charge in [0.25, 0.3) is 5.84 Å². The lowest BCUT2D eigenvalue weighted by Gasteiger charge is -2.37. The molecule has 0 N–H and O–H groups in total. The summed E-state index contributed by atoms with van der Waals surface area (Å²) in [5.74, 6) is 2.64. The van der Waals surface area contributed by atoms with Crippen molar-refractivity contribution < 1.29 is 14.1 Å². The Morgan fingerprint density at radius 1 is 1.20 bits per heavy atom. The van der Waals surface area contributed by atoms with Gasteiger partial charge in [-0.3, -0.25) is 0 Å². The number of hydrogen-bond donors (Lipinski definition) is 0. The number of esters is 1. The van der Waals surface area contributed by atoms with Crippen molar-refractivity contribution in [1.29, 1.82) is 0 Å². The molecule has 0 saturated heterocycles. The Balaban J connectivity index is 1.62. The number of ether oxygens (including phenoxy) is 1. The normalized spacial score (nSPS) is 23.9. The van der Waals surface area contributed by atoms with E-state index in [0.717, 1.165) is 30.8 Å². The fourth-order valence-corrected chi connectivity index (χ4v) is 5.46. The molecule has 1 saturated carbocycles. The maximum atomic E-state index is 13.2. The number of nitrogens with zero attached hydrogens (tertiary/aromatic N) is 2. The summed E-state index contributed by atoms with van der Waals surface area (Å²) in [4.78, 5) is 15.3. The lowest BCUT2D eigenvalue weighted by Crippen LogP contribution is -2.44. The Hall–Kier alpha value is -2.36. The van der Waals surface area contributed by atoms with Gasteiger partial charge < -0.3 is 4.74 Å². The molecule has 0 amide bonds. The standard InChI is InChI=1S/C26H35N2O2/c1-6-24-27(5)21-11-7-9-19-10-8-12-22(26(19)21)28(24)16-25(29)30-23-15-18(4)13-14-20(23)17(2)3/h7-12,17-18,20,23H,6,13-16H2,1-5H3/q+1/t18-,20+,23?/m1/s1. The predicted octanol–water partition coefficient (Wildman–Crippen LogP) is 5.75. The van der Waals surface area contributed by atoms with Crippen LogP contribution < -0.4 is 4.90 Å². The second-order valence-corrected chi connectivity index (χ2v) is 9.42. The molecule has 2 aromatic rings. The van der Waals surface area contributed by atoms with Gasteiger partial charge in [-0.2, -0.15) is 0 Å². The second kappa shape index (κ2) is 8.41. The lowest BCUT2D eigenvalue weighted by molar-refractivity contribution is -0.406. The Kier molecular flexibility index (Phi) is 5.86. The highest BCUT2D eigenvalue weighted by atomic mass is 16.5. The zero-order chi connectivity index (χ0) is 21.4. The van der Waals surface area contributed by atoms with Gasteiger partial charge >= 0.3 is 5.97 Å². The van der Waals surface area contributed by atoms with Gasteiger partial charge in [-0.1, -0.05) is 58.4 Å². The highest BCUT2D eigenvalue weighted by Gasteiger charge is 2.37. The molecule has 1 aliphatic heterocycles. The second-order valence-electron chi connectivity index (χ2n) is 9.42. The molecule has 3 atom stereocenters. The average molecular weight is 408 g/mol. The minimum Gasteiger partial charge on any atom is -0.459 e. The number of amidine groups is 1. The number of anilines is 1. The summed E-state index contributed by atoms with van der Waals surface area (Å²) in [7, 11) is 2.10. The van der Waals surface area contributed by atoms with Crippen LogP contribution in [0, 0.1) is 17.8 Å². The third-order valence-electron chi connectivity index (χ3n) is 7.06. The SMILES string of the molecule is CCC1=[N+](C)c2cccc3cccc(c23)N1CC(=O)OC1C[C@H](C)CC[C@H]1C(C)C. The third kappa shape index (κ3) is 3.73. The van der Waals surface area contributed by atoms with Crippen molar-refractivity contribution in [2.45, 2.75) is 59.5 Å². The van der Waals surface area contributed by atoms with Crippen molar-refractivity contribution in [1.82, 2.24) is 0 Å². The third-order valence-corrected chi connectivity index (χ3v) is 7.06. The van der Waals surface area contributed by atoms with Gasteiger partial charge in [0.1, 0.15) is 17.5 Å². The topological polar surface area (TPSA) is 32.5 Å². The first-order chi connectivity index (χ1) is 14.4. The minimum absolute atomic E-state index is 0.0388. The zero-order valence-corrected chi connectivity index (χ0v) is 19.0. The summed E-state index contributed by atoms with van der Waals surface area (Å²) in [5.41, 5.74) is 2.30. The van der Waals surface area contributed by atoms with Gasteiger partial charge in [0.05, 0.1) is 12.4 Å². The number of hydrogen-bond acceptors (Lipinski definition) is 3. The van der Waals surface area contributed by atoms with E-state index in [1.165, 1.54) is 22.9 Å². The van der Waals surface area contributed by atoms with E-state index in [1.807, 2.05) is 0 Å². The van der Waals surface area contributed by atoms with E-state index in [2.05, 4.69) is 80.6 Å². The van der Waals surface area contributed by atoms with Gasteiger partial charge in [-0.15, -0.1) is 0 Å². The summed E-state index contributed by atoms with van der Waals surface area (Å²) >= 11 is 0. The first kappa shape index (κ1) is 20.9. The van der Waals surface area contributed by atoms with Crippen molar-refractivity contribution in [3.8, 4) is 0 Å². The van der Waals surface area contributed by atoms with E-state index in [-0.39, 0.29) is 18.6 Å². The fraction of sp³-hybridized carbons (Fsp3) is 0.538. The van der Waals surface area contributed by atoms with Gasteiger partial charge in [0.2, 0.25) is 0 Å². The van der Waals surface area contributed by atoms with Crippen LogP contribution in [0.5, 0.6) is 0 Å². The van der Waals surface area contributed by atoms with E-state index in [1.54, 1.807) is 0 Å². The molecule has 2 aromatic carbocycles.